The molecule has 1 amide bonds. The van der Waals surface area contributed by atoms with E-state index < -0.39 is 21.1 Å². The number of hydrogen-bond acceptors (Lipinski definition) is 5. The molecule has 202 valence electrons. The third kappa shape index (κ3) is 6.74. The standard InChI is InChI=1S/C30H29FN2O5S/c1-19(2)39(36,37)33-27-9-5-8-24(29(27)31)18-38-28-15-12-25(16-20(28)3)32-30(35)23-7-4-6-22(17-23)21-10-13-26(34)14-11-21/h4-17,19,33-34H,18H2,1-3H3,(H,32,35). The summed E-state index contributed by atoms with van der Waals surface area (Å²) in [6, 6.07) is 23.5. The fourth-order valence-corrected chi connectivity index (χ4v) is 4.48. The zero-order chi connectivity index (χ0) is 28.2. The number of rotatable bonds is 9. The number of amides is 1. The van der Waals surface area contributed by atoms with E-state index in [1.165, 1.54) is 26.0 Å². The van der Waals surface area contributed by atoms with Crippen LogP contribution in [0, 0.1) is 12.7 Å². The number of nitrogens with one attached hydrogen (secondary N) is 2. The molecule has 4 rings (SSSR count). The van der Waals surface area contributed by atoms with E-state index in [1.54, 1.807) is 73.7 Å². The second kappa shape index (κ2) is 11.6. The first-order valence-corrected chi connectivity index (χ1v) is 13.8. The molecule has 0 saturated carbocycles. The number of halogens is 1. The summed E-state index contributed by atoms with van der Waals surface area (Å²) >= 11 is 0. The zero-order valence-electron chi connectivity index (χ0n) is 21.7. The molecule has 4 aromatic carbocycles. The van der Waals surface area contributed by atoms with Gasteiger partial charge in [0.1, 0.15) is 18.1 Å². The lowest BCUT2D eigenvalue weighted by Crippen LogP contribution is -2.23. The number of aryl methyl sites for hydroxylation is 1. The highest BCUT2D eigenvalue weighted by Gasteiger charge is 2.19. The van der Waals surface area contributed by atoms with Crippen molar-refractivity contribution in [1.29, 1.82) is 0 Å². The van der Waals surface area contributed by atoms with Gasteiger partial charge in [0.05, 0.1) is 10.9 Å². The molecule has 0 spiro atoms. The van der Waals surface area contributed by atoms with E-state index in [2.05, 4.69) is 10.0 Å². The second-order valence-corrected chi connectivity index (χ2v) is 11.6. The van der Waals surface area contributed by atoms with Crippen molar-refractivity contribution in [2.45, 2.75) is 32.6 Å². The smallest absolute Gasteiger partial charge is 0.255 e. The largest absolute Gasteiger partial charge is 0.508 e. The summed E-state index contributed by atoms with van der Waals surface area (Å²) in [6.07, 6.45) is 0. The predicted molar refractivity (Wildman–Crippen MR) is 151 cm³/mol. The fourth-order valence-electron chi connectivity index (χ4n) is 3.78. The Kier molecular flexibility index (Phi) is 8.21. The Balaban J connectivity index is 1.43. The monoisotopic (exact) mass is 548 g/mol. The lowest BCUT2D eigenvalue weighted by atomic mass is 10.0. The molecule has 0 aliphatic rings. The summed E-state index contributed by atoms with van der Waals surface area (Å²) in [7, 11) is -3.69. The van der Waals surface area contributed by atoms with Crippen LogP contribution in [0.5, 0.6) is 11.5 Å². The molecule has 0 aliphatic carbocycles. The quantitative estimate of drug-likeness (QED) is 0.222. The van der Waals surface area contributed by atoms with Gasteiger partial charge in [0.25, 0.3) is 5.91 Å². The van der Waals surface area contributed by atoms with Crippen molar-refractivity contribution in [1.82, 2.24) is 0 Å². The van der Waals surface area contributed by atoms with Gasteiger partial charge in [-0.05, 0) is 86.0 Å². The van der Waals surface area contributed by atoms with Crippen LogP contribution in [-0.2, 0) is 16.6 Å². The molecule has 0 unspecified atom stereocenters. The maximum Gasteiger partial charge on any atom is 0.255 e. The number of benzene rings is 4. The molecule has 0 heterocycles. The van der Waals surface area contributed by atoms with E-state index in [9.17, 15) is 22.7 Å². The zero-order valence-corrected chi connectivity index (χ0v) is 22.6. The molecule has 3 N–H and O–H groups in total. The third-order valence-corrected chi connectivity index (χ3v) is 7.84. The highest BCUT2D eigenvalue weighted by molar-refractivity contribution is 7.93. The molecule has 0 radical (unpaired) electrons. The van der Waals surface area contributed by atoms with Crippen LogP contribution in [0.25, 0.3) is 11.1 Å². The third-order valence-electron chi connectivity index (χ3n) is 6.09. The van der Waals surface area contributed by atoms with Gasteiger partial charge >= 0.3 is 0 Å². The Labute approximate surface area is 227 Å². The lowest BCUT2D eigenvalue weighted by Gasteiger charge is -2.15. The average Bonchev–Trinajstić information content (AvgIpc) is 2.90. The van der Waals surface area contributed by atoms with Crippen LogP contribution in [0.3, 0.4) is 0 Å². The summed E-state index contributed by atoms with van der Waals surface area (Å²) < 4.78 is 47.3. The van der Waals surface area contributed by atoms with E-state index in [0.717, 1.165) is 16.7 Å². The van der Waals surface area contributed by atoms with Crippen molar-refractivity contribution in [3.8, 4) is 22.6 Å². The van der Waals surface area contributed by atoms with Crippen molar-refractivity contribution in [3.05, 3.63) is 107 Å². The molecule has 39 heavy (non-hydrogen) atoms. The second-order valence-electron chi connectivity index (χ2n) is 9.33. The fraction of sp³-hybridized carbons (Fsp3) is 0.167. The number of sulfonamides is 1. The van der Waals surface area contributed by atoms with Crippen LogP contribution < -0.4 is 14.8 Å². The average molecular weight is 549 g/mol. The van der Waals surface area contributed by atoms with Gasteiger partial charge in [-0.25, -0.2) is 12.8 Å². The minimum Gasteiger partial charge on any atom is -0.508 e. The van der Waals surface area contributed by atoms with Gasteiger partial charge in [-0.15, -0.1) is 0 Å². The minimum atomic E-state index is -3.69. The maximum absolute atomic E-state index is 14.9. The van der Waals surface area contributed by atoms with Crippen molar-refractivity contribution < 1.29 is 27.4 Å². The summed E-state index contributed by atoms with van der Waals surface area (Å²) in [5.41, 5.74) is 3.55. The number of anilines is 2. The van der Waals surface area contributed by atoms with Gasteiger partial charge in [-0.2, -0.15) is 0 Å². The van der Waals surface area contributed by atoms with Crippen molar-refractivity contribution in [2.24, 2.45) is 0 Å². The summed E-state index contributed by atoms with van der Waals surface area (Å²) in [5.74, 6) is -0.317. The number of aromatic hydroxyl groups is 1. The van der Waals surface area contributed by atoms with Crippen molar-refractivity contribution in [2.75, 3.05) is 10.0 Å². The van der Waals surface area contributed by atoms with E-state index in [-0.39, 0.29) is 29.5 Å². The molecule has 0 aromatic heterocycles. The SMILES string of the molecule is Cc1cc(NC(=O)c2cccc(-c3ccc(O)cc3)c2)ccc1OCc1cccc(NS(=O)(=O)C(C)C)c1F. The number of phenolic OH excluding ortho intramolecular Hbond substituents is 1. The van der Waals surface area contributed by atoms with Crippen LogP contribution in [-0.4, -0.2) is 24.7 Å². The highest BCUT2D eigenvalue weighted by atomic mass is 32.2. The van der Waals surface area contributed by atoms with E-state index in [1.807, 2.05) is 6.07 Å². The molecule has 9 heteroatoms. The number of carbonyl (C=O) groups excluding carboxylic acids is 1. The molecular weight excluding hydrogens is 519 g/mol. The number of phenols is 1. The molecule has 4 aromatic rings. The van der Waals surface area contributed by atoms with Crippen LogP contribution in [0.15, 0.2) is 84.9 Å². The Morgan fingerprint density at radius 3 is 2.36 bits per heavy atom. The first-order chi connectivity index (χ1) is 18.5. The Morgan fingerprint density at radius 2 is 1.67 bits per heavy atom. The molecule has 0 saturated heterocycles. The summed E-state index contributed by atoms with van der Waals surface area (Å²) in [4.78, 5) is 12.9. The van der Waals surface area contributed by atoms with Gasteiger partial charge in [0.2, 0.25) is 10.0 Å². The Bertz CT molecular complexity index is 1600. The molecular formula is C30H29FN2O5S. The van der Waals surface area contributed by atoms with Crippen LogP contribution >= 0.6 is 0 Å². The Hall–Kier alpha value is -4.37. The van der Waals surface area contributed by atoms with Gasteiger partial charge < -0.3 is 15.2 Å². The Morgan fingerprint density at radius 1 is 0.949 bits per heavy atom. The normalized spacial score (nSPS) is 11.3. The number of hydrogen-bond donors (Lipinski definition) is 3. The van der Waals surface area contributed by atoms with Crippen LogP contribution in [0.2, 0.25) is 0 Å². The minimum absolute atomic E-state index is 0.111. The van der Waals surface area contributed by atoms with E-state index >= 15 is 0 Å². The number of ether oxygens (including phenoxy) is 1. The van der Waals surface area contributed by atoms with E-state index in [4.69, 9.17) is 4.74 Å². The van der Waals surface area contributed by atoms with Gasteiger partial charge in [0, 0.05) is 16.8 Å². The van der Waals surface area contributed by atoms with Gasteiger partial charge in [-0.3, -0.25) is 9.52 Å². The number of carbonyl (C=O) groups is 1. The van der Waals surface area contributed by atoms with Crippen molar-refractivity contribution in [3.63, 3.8) is 0 Å². The summed E-state index contributed by atoms with van der Waals surface area (Å²) in [6.45, 7) is 4.72. The van der Waals surface area contributed by atoms with E-state index in [0.29, 0.717) is 17.0 Å². The predicted octanol–water partition coefficient (Wildman–Crippen LogP) is 6.49. The molecule has 0 atom stereocenters. The maximum atomic E-state index is 14.9. The summed E-state index contributed by atoms with van der Waals surface area (Å²) in [5, 5.41) is 11.7. The highest BCUT2D eigenvalue weighted by Crippen LogP contribution is 2.27. The van der Waals surface area contributed by atoms with Crippen molar-refractivity contribution >= 4 is 27.3 Å². The first kappa shape index (κ1) is 27.7. The van der Waals surface area contributed by atoms with Gasteiger partial charge in [-0.1, -0.05) is 36.4 Å². The molecule has 7 nitrogen and oxygen atoms in total. The lowest BCUT2D eigenvalue weighted by molar-refractivity contribution is 0.102. The molecule has 0 bridgehead atoms. The topological polar surface area (TPSA) is 105 Å². The first-order valence-electron chi connectivity index (χ1n) is 12.3. The van der Waals surface area contributed by atoms with Crippen LogP contribution in [0.4, 0.5) is 15.8 Å². The van der Waals surface area contributed by atoms with Crippen LogP contribution in [0.1, 0.15) is 35.3 Å². The van der Waals surface area contributed by atoms with Gasteiger partial charge in [0.15, 0.2) is 5.82 Å². The molecule has 0 fully saturated rings. The molecule has 0 aliphatic heterocycles.